The van der Waals surface area contributed by atoms with Crippen molar-refractivity contribution in [3.63, 3.8) is 0 Å². The van der Waals surface area contributed by atoms with Crippen molar-refractivity contribution >= 4 is 33.2 Å². The summed E-state index contributed by atoms with van der Waals surface area (Å²) < 4.78 is 6.42. The smallest absolute Gasteiger partial charge is 0.156 e. The quantitative estimate of drug-likeness (QED) is 0.687. The molecule has 0 bridgehead atoms. The molecule has 1 N–H and O–H groups in total. The zero-order valence-electron chi connectivity index (χ0n) is 13.3. The first-order chi connectivity index (χ1) is 9.82. The molecule has 21 heavy (non-hydrogen) atoms. The van der Waals surface area contributed by atoms with Crippen molar-refractivity contribution in [2.24, 2.45) is 11.3 Å². The minimum atomic E-state index is 0.307. The second kappa shape index (κ2) is 6.78. The van der Waals surface area contributed by atoms with Crippen LogP contribution >= 0.6 is 27.5 Å². The van der Waals surface area contributed by atoms with E-state index in [4.69, 9.17) is 16.3 Å². The van der Waals surface area contributed by atoms with E-state index in [1.165, 1.54) is 25.7 Å². The maximum atomic E-state index is 6.20. The molecule has 1 aromatic rings. The molecule has 2 atom stereocenters. The number of rotatable bonds is 3. The van der Waals surface area contributed by atoms with Crippen LogP contribution in [0, 0.1) is 11.3 Å². The Kier molecular flexibility index (Phi) is 5.48. The number of anilines is 1. The summed E-state index contributed by atoms with van der Waals surface area (Å²) in [6.45, 7) is 7.01. The average molecular weight is 375 g/mol. The molecule has 1 saturated carbocycles. The first kappa shape index (κ1) is 17.0. The molecule has 1 aliphatic carbocycles. The largest absolute Gasteiger partial charge is 0.493 e. The third-order valence-corrected chi connectivity index (χ3v) is 5.24. The van der Waals surface area contributed by atoms with Gasteiger partial charge in [-0.2, -0.15) is 0 Å². The van der Waals surface area contributed by atoms with Crippen LogP contribution in [0.25, 0.3) is 0 Å². The van der Waals surface area contributed by atoms with Gasteiger partial charge in [0.2, 0.25) is 0 Å². The van der Waals surface area contributed by atoms with Gasteiger partial charge in [0.1, 0.15) is 0 Å². The van der Waals surface area contributed by atoms with E-state index in [-0.39, 0.29) is 0 Å². The van der Waals surface area contributed by atoms with Crippen LogP contribution in [-0.4, -0.2) is 13.2 Å². The van der Waals surface area contributed by atoms with Crippen LogP contribution in [0.3, 0.4) is 0 Å². The molecular weight excluding hydrogens is 350 g/mol. The van der Waals surface area contributed by atoms with E-state index in [1.807, 2.05) is 12.1 Å². The standard InChI is InChI=1S/C17H25BrClNO/c1-17(2,3)12-7-5-6-8-14(12)20-15-10-11(19)9-13(18)16(15)21-4/h9-10,12,14,20H,5-8H2,1-4H3. The number of halogens is 2. The van der Waals surface area contributed by atoms with E-state index in [0.29, 0.717) is 22.4 Å². The Labute approximate surface area is 141 Å². The summed E-state index contributed by atoms with van der Waals surface area (Å²) in [7, 11) is 1.70. The van der Waals surface area contributed by atoms with Gasteiger partial charge in [0, 0.05) is 11.1 Å². The zero-order valence-corrected chi connectivity index (χ0v) is 15.6. The summed E-state index contributed by atoms with van der Waals surface area (Å²) in [6, 6.07) is 4.30. The summed E-state index contributed by atoms with van der Waals surface area (Å²) in [5, 5.41) is 4.42. The minimum absolute atomic E-state index is 0.307. The molecule has 1 aromatic carbocycles. The Morgan fingerprint density at radius 3 is 2.52 bits per heavy atom. The monoisotopic (exact) mass is 373 g/mol. The molecule has 0 heterocycles. The fourth-order valence-electron chi connectivity index (χ4n) is 3.41. The Morgan fingerprint density at radius 2 is 1.90 bits per heavy atom. The molecule has 2 nitrogen and oxygen atoms in total. The molecule has 0 saturated heterocycles. The van der Waals surface area contributed by atoms with Crippen molar-refractivity contribution < 1.29 is 4.74 Å². The molecule has 0 spiro atoms. The highest BCUT2D eigenvalue weighted by Gasteiger charge is 2.34. The second-order valence-corrected chi connectivity index (χ2v) is 8.27. The molecule has 0 radical (unpaired) electrons. The van der Waals surface area contributed by atoms with Gasteiger partial charge in [0.05, 0.1) is 17.3 Å². The topological polar surface area (TPSA) is 21.3 Å². The third-order valence-electron chi connectivity index (χ3n) is 4.43. The maximum Gasteiger partial charge on any atom is 0.156 e. The van der Waals surface area contributed by atoms with Crippen LogP contribution in [0.2, 0.25) is 5.02 Å². The normalized spacial score (nSPS) is 23.0. The Bertz CT molecular complexity index is 498. The number of ether oxygens (including phenoxy) is 1. The SMILES string of the molecule is COc1c(Br)cc(Cl)cc1NC1CCCCC1C(C)(C)C. The fraction of sp³-hybridized carbons (Fsp3) is 0.647. The number of hydrogen-bond acceptors (Lipinski definition) is 2. The maximum absolute atomic E-state index is 6.20. The van der Waals surface area contributed by atoms with Gasteiger partial charge in [-0.25, -0.2) is 0 Å². The van der Waals surface area contributed by atoms with Gasteiger partial charge < -0.3 is 10.1 Å². The van der Waals surface area contributed by atoms with Crippen molar-refractivity contribution in [2.75, 3.05) is 12.4 Å². The van der Waals surface area contributed by atoms with Crippen LogP contribution in [-0.2, 0) is 0 Å². The highest BCUT2D eigenvalue weighted by Crippen LogP contribution is 2.42. The van der Waals surface area contributed by atoms with Crippen molar-refractivity contribution in [3.05, 3.63) is 21.6 Å². The number of methoxy groups -OCH3 is 1. The van der Waals surface area contributed by atoms with E-state index in [9.17, 15) is 0 Å². The third kappa shape index (κ3) is 4.07. The summed E-state index contributed by atoms with van der Waals surface area (Å²) in [6.07, 6.45) is 5.10. The van der Waals surface area contributed by atoms with E-state index in [0.717, 1.165) is 15.9 Å². The molecule has 0 aliphatic heterocycles. The second-order valence-electron chi connectivity index (χ2n) is 6.98. The lowest BCUT2D eigenvalue weighted by atomic mass is 9.69. The van der Waals surface area contributed by atoms with Crippen LogP contribution in [0.4, 0.5) is 5.69 Å². The molecule has 1 fully saturated rings. The highest BCUT2D eigenvalue weighted by molar-refractivity contribution is 9.10. The lowest BCUT2D eigenvalue weighted by Gasteiger charge is -2.41. The zero-order chi connectivity index (χ0) is 15.6. The molecule has 0 amide bonds. The lowest BCUT2D eigenvalue weighted by molar-refractivity contribution is 0.162. The van der Waals surface area contributed by atoms with Crippen LogP contribution in [0.15, 0.2) is 16.6 Å². The Balaban J connectivity index is 2.27. The predicted octanol–water partition coefficient (Wildman–Crippen LogP) is 6.13. The van der Waals surface area contributed by atoms with Gasteiger partial charge >= 0.3 is 0 Å². The molecule has 118 valence electrons. The fourth-order valence-corrected chi connectivity index (χ4v) is 4.39. The summed E-state index contributed by atoms with van der Waals surface area (Å²) in [4.78, 5) is 0. The van der Waals surface area contributed by atoms with E-state index < -0.39 is 0 Å². The van der Waals surface area contributed by atoms with Crippen LogP contribution < -0.4 is 10.1 Å². The van der Waals surface area contributed by atoms with Gasteiger partial charge in [0.25, 0.3) is 0 Å². The van der Waals surface area contributed by atoms with Gasteiger partial charge in [-0.05, 0) is 52.2 Å². The molecule has 2 unspecified atom stereocenters. The first-order valence-corrected chi connectivity index (χ1v) is 8.79. The Hall–Kier alpha value is -0.410. The van der Waals surface area contributed by atoms with E-state index in [2.05, 4.69) is 42.0 Å². The van der Waals surface area contributed by atoms with Crippen molar-refractivity contribution in [1.82, 2.24) is 0 Å². The predicted molar refractivity (Wildman–Crippen MR) is 94.5 cm³/mol. The molecule has 1 aliphatic rings. The molecule has 2 rings (SSSR count). The molecule has 0 aromatic heterocycles. The molecular formula is C17H25BrClNO. The van der Waals surface area contributed by atoms with E-state index >= 15 is 0 Å². The van der Waals surface area contributed by atoms with Gasteiger partial charge in [0.15, 0.2) is 5.75 Å². The van der Waals surface area contributed by atoms with Gasteiger partial charge in [-0.15, -0.1) is 0 Å². The van der Waals surface area contributed by atoms with Crippen LogP contribution in [0.1, 0.15) is 46.5 Å². The number of hydrogen-bond donors (Lipinski definition) is 1. The van der Waals surface area contributed by atoms with Crippen molar-refractivity contribution in [1.29, 1.82) is 0 Å². The number of nitrogens with one attached hydrogen (secondary N) is 1. The summed E-state index contributed by atoms with van der Waals surface area (Å²) in [5.41, 5.74) is 1.29. The summed E-state index contributed by atoms with van der Waals surface area (Å²) >= 11 is 9.73. The first-order valence-electron chi connectivity index (χ1n) is 7.62. The number of benzene rings is 1. The van der Waals surface area contributed by atoms with Gasteiger partial charge in [-0.1, -0.05) is 45.2 Å². The van der Waals surface area contributed by atoms with Crippen molar-refractivity contribution in [3.8, 4) is 5.75 Å². The minimum Gasteiger partial charge on any atom is -0.493 e. The lowest BCUT2D eigenvalue weighted by Crippen LogP contribution is -2.39. The molecule has 4 heteroatoms. The van der Waals surface area contributed by atoms with Gasteiger partial charge in [-0.3, -0.25) is 0 Å². The van der Waals surface area contributed by atoms with Crippen LogP contribution in [0.5, 0.6) is 5.75 Å². The average Bonchev–Trinajstić information content (AvgIpc) is 2.37. The Morgan fingerprint density at radius 1 is 1.24 bits per heavy atom. The highest BCUT2D eigenvalue weighted by atomic mass is 79.9. The van der Waals surface area contributed by atoms with E-state index in [1.54, 1.807) is 7.11 Å². The van der Waals surface area contributed by atoms with Crippen molar-refractivity contribution in [2.45, 2.75) is 52.5 Å². The summed E-state index contributed by atoms with van der Waals surface area (Å²) in [5.74, 6) is 1.49.